The fourth-order valence-corrected chi connectivity index (χ4v) is 0.402. The van der Waals surface area contributed by atoms with Crippen LogP contribution in [-0.2, 0) is 4.79 Å². The highest BCUT2D eigenvalue weighted by Gasteiger charge is 2.09. The van der Waals surface area contributed by atoms with Crippen molar-refractivity contribution in [1.82, 2.24) is 5.43 Å². The molecule has 1 amide bonds. The van der Waals surface area contributed by atoms with E-state index in [2.05, 4.69) is 10.5 Å². The molecule has 0 aromatic heterocycles. The van der Waals surface area contributed by atoms with E-state index in [1.54, 1.807) is 0 Å². The highest BCUT2D eigenvalue weighted by Crippen LogP contribution is 1.92. The zero-order chi connectivity index (χ0) is 5.98. The van der Waals surface area contributed by atoms with E-state index < -0.39 is 0 Å². The average Bonchev–Trinajstić information content (AvgIpc) is 2.14. The fourth-order valence-electron chi connectivity index (χ4n) is 0.402. The molecular formula is C4H5N3O. The van der Waals surface area contributed by atoms with Crippen molar-refractivity contribution in [3.63, 3.8) is 0 Å². The molecule has 0 saturated carbocycles. The lowest BCUT2D eigenvalue weighted by Gasteiger charge is -1.83. The van der Waals surface area contributed by atoms with Crippen molar-refractivity contribution in [2.75, 3.05) is 0 Å². The van der Waals surface area contributed by atoms with Gasteiger partial charge in [0.1, 0.15) is 0 Å². The third-order valence-corrected chi connectivity index (χ3v) is 0.811. The summed E-state index contributed by atoms with van der Waals surface area (Å²) >= 11 is 0. The summed E-state index contributed by atoms with van der Waals surface area (Å²) in [6, 6.07) is 0. The van der Waals surface area contributed by atoms with Crippen LogP contribution in [-0.4, -0.2) is 12.1 Å². The molecule has 0 aliphatic carbocycles. The third-order valence-electron chi connectivity index (χ3n) is 0.811. The molecule has 4 heteroatoms. The van der Waals surface area contributed by atoms with Crippen LogP contribution in [0.1, 0.15) is 0 Å². The maximum atomic E-state index is 10.4. The van der Waals surface area contributed by atoms with Crippen LogP contribution < -0.4 is 11.2 Å². The van der Waals surface area contributed by atoms with Crippen LogP contribution in [0.5, 0.6) is 0 Å². The number of nitrogens with one attached hydrogen (secondary N) is 1. The van der Waals surface area contributed by atoms with Crippen molar-refractivity contribution in [2.24, 2.45) is 10.8 Å². The summed E-state index contributed by atoms with van der Waals surface area (Å²) in [5, 5.41) is 3.44. The minimum absolute atomic E-state index is 0.243. The van der Waals surface area contributed by atoms with Gasteiger partial charge in [0.25, 0.3) is 5.91 Å². The summed E-state index contributed by atoms with van der Waals surface area (Å²) in [5.41, 5.74) is 7.62. The lowest BCUT2D eigenvalue weighted by Crippen LogP contribution is -2.12. The second kappa shape index (κ2) is 1.65. The molecule has 4 nitrogen and oxygen atoms in total. The van der Waals surface area contributed by atoms with Crippen LogP contribution in [0.15, 0.2) is 16.9 Å². The number of rotatable bonds is 0. The van der Waals surface area contributed by atoms with Gasteiger partial charge in [-0.05, 0) is 0 Å². The van der Waals surface area contributed by atoms with Crippen LogP contribution in [0, 0.1) is 0 Å². The van der Waals surface area contributed by atoms with Crippen molar-refractivity contribution >= 4 is 12.1 Å². The number of nitrogens with zero attached hydrogens (tertiary/aromatic N) is 1. The average molecular weight is 111 g/mol. The largest absolute Gasteiger partial charge is 0.404 e. The summed E-state index contributed by atoms with van der Waals surface area (Å²) in [6.45, 7) is 0. The molecular weight excluding hydrogens is 106 g/mol. The highest BCUT2D eigenvalue weighted by molar-refractivity contribution is 6.15. The number of hydrogen-bond acceptors (Lipinski definition) is 3. The van der Waals surface area contributed by atoms with Gasteiger partial charge in [-0.25, -0.2) is 5.43 Å². The van der Waals surface area contributed by atoms with Crippen LogP contribution in [0.3, 0.4) is 0 Å². The quantitative estimate of drug-likeness (QED) is 0.391. The van der Waals surface area contributed by atoms with Crippen molar-refractivity contribution in [3.05, 3.63) is 11.8 Å². The molecule has 0 bridgehead atoms. The van der Waals surface area contributed by atoms with Crippen LogP contribution in [0.4, 0.5) is 0 Å². The topological polar surface area (TPSA) is 67.5 Å². The number of carbonyl (C=O) groups is 1. The molecule has 0 unspecified atom stereocenters. The number of nitrogens with two attached hydrogens (primary N) is 1. The zero-order valence-electron chi connectivity index (χ0n) is 4.09. The van der Waals surface area contributed by atoms with Gasteiger partial charge in [0, 0.05) is 6.20 Å². The standard InChI is InChI=1S/C4H5N3O/c5-1-3-2-6-7-4(3)8/h1-2H,5H2,(H,7,8)/b3-1+. The smallest absolute Gasteiger partial charge is 0.274 e. The summed E-state index contributed by atoms with van der Waals surface area (Å²) in [4.78, 5) is 10.4. The molecule has 0 aromatic carbocycles. The van der Waals surface area contributed by atoms with Gasteiger partial charge in [-0.1, -0.05) is 0 Å². The van der Waals surface area contributed by atoms with Crippen molar-refractivity contribution in [2.45, 2.75) is 0 Å². The summed E-state index contributed by atoms with van der Waals surface area (Å²) in [5.74, 6) is -0.243. The van der Waals surface area contributed by atoms with Gasteiger partial charge in [0.2, 0.25) is 0 Å². The molecule has 0 saturated heterocycles. The van der Waals surface area contributed by atoms with E-state index in [9.17, 15) is 4.79 Å². The number of hydrazone groups is 1. The summed E-state index contributed by atoms with van der Waals surface area (Å²) < 4.78 is 0. The van der Waals surface area contributed by atoms with E-state index in [4.69, 9.17) is 5.73 Å². The molecule has 3 N–H and O–H groups in total. The molecule has 1 rings (SSSR count). The van der Waals surface area contributed by atoms with Crippen LogP contribution in [0.2, 0.25) is 0 Å². The Morgan fingerprint density at radius 3 is 2.88 bits per heavy atom. The second-order valence-corrected chi connectivity index (χ2v) is 1.32. The SMILES string of the molecule is N/C=C1\C=NNC1=O. The minimum atomic E-state index is -0.243. The first-order valence-corrected chi connectivity index (χ1v) is 2.10. The number of hydrogen-bond donors (Lipinski definition) is 2. The monoisotopic (exact) mass is 111 g/mol. The third kappa shape index (κ3) is 0.556. The van der Waals surface area contributed by atoms with E-state index in [-0.39, 0.29) is 5.91 Å². The molecule has 0 fully saturated rings. The molecule has 1 aliphatic rings. The van der Waals surface area contributed by atoms with Gasteiger partial charge < -0.3 is 5.73 Å². The normalized spacial score (nSPS) is 22.0. The molecule has 0 radical (unpaired) electrons. The summed E-state index contributed by atoms with van der Waals surface area (Å²) in [7, 11) is 0. The van der Waals surface area contributed by atoms with Gasteiger partial charge in [0.15, 0.2) is 0 Å². The Labute approximate surface area is 46.1 Å². The zero-order valence-corrected chi connectivity index (χ0v) is 4.09. The number of carbonyl (C=O) groups excluding carboxylic acids is 1. The first-order valence-electron chi connectivity index (χ1n) is 2.10. The van der Waals surface area contributed by atoms with E-state index in [0.717, 1.165) is 0 Å². The Balaban J connectivity index is 2.82. The lowest BCUT2D eigenvalue weighted by atomic mass is 10.3. The Morgan fingerprint density at radius 1 is 1.88 bits per heavy atom. The number of amides is 1. The molecule has 0 aromatic rings. The second-order valence-electron chi connectivity index (χ2n) is 1.32. The predicted octanol–water partition coefficient (Wildman–Crippen LogP) is -1.06. The van der Waals surface area contributed by atoms with Gasteiger partial charge in [-0.2, -0.15) is 5.10 Å². The predicted molar refractivity (Wildman–Crippen MR) is 28.9 cm³/mol. The maximum absolute atomic E-state index is 10.4. The fraction of sp³-hybridized carbons (Fsp3) is 0. The first kappa shape index (κ1) is 4.83. The van der Waals surface area contributed by atoms with E-state index in [0.29, 0.717) is 5.57 Å². The lowest BCUT2D eigenvalue weighted by molar-refractivity contribution is -0.116. The van der Waals surface area contributed by atoms with Gasteiger partial charge in [-0.3, -0.25) is 4.79 Å². The van der Waals surface area contributed by atoms with Crippen molar-refractivity contribution < 1.29 is 4.79 Å². The minimum Gasteiger partial charge on any atom is -0.404 e. The molecule has 0 atom stereocenters. The van der Waals surface area contributed by atoms with Crippen LogP contribution in [0.25, 0.3) is 0 Å². The van der Waals surface area contributed by atoms with E-state index in [1.807, 2.05) is 0 Å². The Hall–Kier alpha value is -1.32. The molecule has 8 heavy (non-hydrogen) atoms. The van der Waals surface area contributed by atoms with Crippen molar-refractivity contribution in [3.8, 4) is 0 Å². The molecule has 1 aliphatic heterocycles. The molecule has 0 spiro atoms. The van der Waals surface area contributed by atoms with E-state index >= 15 is 0 Å². The van der Waals surface area contributed by atoms with Gasteiger partial charge in [0.05, 0.1) is 11.8 Å². The summed E-state index contributed by atoms with van der Waals surface area (Å²) in [6.07, 6.45) is 2.59. The maximum Gasteiger partial charge on any atom is 0.274 e. The Kier molecular flexibility index (Phi) is 0.997. The Morgan fingerprint density at radius 2 is 2.62 bits per heavy atom. The molecule has 42 valence electrons. The van der Waals surface area contributed by atoms with Crippen LogP contribution >= 0.6 is 0 Å². The van der Waals surface area contributed by atoms with Gasteiger partial charge >= 0.3 is 0 Å². The highest BCUT2D eigenvalue weighted by atomic mass is 16.2. The van der Waals surface area contributed by atoms with E-state index in [1.165, 1.54) is 12.4 Å². The first-order chi connectivity index (χ1) is 3.84. The van der Waals surface area contributed by atoms with Gasteiger partial charge in [-0.15, -0.1) is 0 Å². The van der Waals surface area contributed by atoms with Crippen molar-refractivity contribution in [1.29, 1.82) is 0 Å². The Bertz CT molecular complexity index is 170. The molecule has 1 heterocycles.